The third-order valence-electron chi connectivity index (χ3n) is 3.99. The highest BCUT2D eigenvalue weighted by Gasteiger charge is 2.30. The largest absolute Gasteiger partial charge is 0.383 e. The first-order valence-electron chi connectivity index (χ1n) is 8.51. The first kappa shape index (κ1) is 18.8. The van der Waals surface area contributed by atoms with Crippen molar-refractivity contribution in [3.05, 3.63) is 10.4 Å². The van der Waals surface area contributed by atoms with Gasteiger partial charge in [0.15, 0.2) is 11.4 Å². The summed E-state index contributed by atoms with van der Waals surface area (Å²) < 4.78 is 17.0. The van der Waals surface area contributed by atoms with Crippen molar-refractivity contribution >= 4 is 39.1 Å². The zero-order valence-electron chi connectivity index (χ0n) is 15.1. The van der Waals surface area contributed by atoms with Crippen molar-refractivity contribution in [1.82, 2.24) is 9.97 Å². The van der Waals surface area contributed by atoms with Gasteiger partial charge in [-0.2, -0.15) is 0 Å². The van der Waals surface area contributed by atoms with E-state index < -0.39 is 0 Å². The lowest BCUT2D eigenvalue weighted by molar-refractivity contribution is -0.120. The lowest BCUT2D eigenvalue weighted by Crippen LogP contribution is -2.31. The lowest BCUT2D eigenvalue weighted by Gasteiger charge is -2.30. The summed E-state index contributed by atoms with van der Waals surface area (Å²) in [5.74, 6) is 1.18. The van der Waals surface area contributed by atoms with Crippen molar-refractivity contribution in [2.24, 2.45) is 0 Å². The molecule has 0 unspecified atom stereocenters. The Morgan fingerprint density at radius 3 is 2.68 bits per heavy atom. The Morgan fingerprint density at radius 2 is 2.00 bits per heavy atom. The lowest BCUT2D eigenvalue weighted by atomic mass is 9.94. The van der Waals surface area contributed by atoms with E-state index in [0.29, 0.717) is 36.5 Å². The van der Waals surface area contributed by atoms with Crippen LogP contribution in [0.15, 0.2) is 5.16 Å². The van der Waals surface area contributed by atoms with E-state index in [1.807, 2.05) is 13.8 Å². The Morgan fingerprint density at radius 1 is 1.28 bits per heavy atom. The van der Waals surface area contributed by atoms with E-state index >= 15 is 0 Å². The molecule has 6 nitrogen and oxygen atoms in total. The van der Waals surface area contributed by atoms with E-state index in [1.165, 1.54) is 22.2 Å². The maximum atomic E-state index is 6.28. The molecule has 2 aromatic rings. The molecule has 8 heteroatoms. The molecule has 0 atom stereocenters. The minimum absolute atomic E-state index is 0.178. The van der Waals surface area contributed by atoms with Gasteiger partial charge in [-0.1, -0.05) is 11.8 Å². The number of nitrogens with two attached hydrogens (primary N) is 1. The van der Waals surface area contributed by atoms with E-state index in [9.17, 15) is 0 Å². The van der Waals surface area contributed by atoms with Gasteiger partial charge in [-0.3, -0.25) is 0 Å². The summed E-state index contributed by atoms with van der Waals surface area (Å²) in [4.78, 5) is 11.4. The van der Waals surface area contributed by atoms with Gasteiger partial charge in [-0.25, -0.2) is 9.97 Å². The summed E-state index contributed by atoms with van der Waals surface area (Å²) in [7, 11) is 0. The molecule has 0 bridgehead atoms. The van der Waals surface area contributed by atoms with E-state index in [-0.39, 0.29) is 11.9 Å². The summed E-state index contributed by atoms with van der Waals surface area (Å²) in [6.45, 7) is 9.95. The first-order valence-corrected chi connectivity index (χ1v) is 10.3. The summed E-state index contributed by atoms with van der Waals surface area (Å²) in [6, 6.07) is 0. The number of anilines is 1. The molecule has 0 amide bonds. The van der Waals surface area contributed by atoms with Crippen LogP contribution in [-0.2, 0) is 27.2 Å². The Hall–Kier alpha value is -0.930. The maximum Gasteiger partial charge on any atom is 0.191 e. The van der Waals surface area contributed by atoms with Crippen molar-refractivity contribution in [1.29, 1.82) is 0 Å². The standard InChI is InChI=1S/C17H25N3O3S2/c1-5-21-12(22-6-2)9-24-16-19-14(18)13-10-7-17(3,4)23-8-11(10)25-15(13)20-16/h12H,5-9H2,1-4H3,(H2,18,19,20). The number of hydrogen-bond donors (Lipinski definition) is 1. The highest BCUT2D eigenvalue weighted by Crippen LogP contribution is 2.40. The summed E-state index contributed by atoms with van der Waals surface area (Å²) in [6.07, 6.45) is 0.574. The fourth-order valence-electron chi connectivity index (χ4n) is 2.88. The third-order valence-corrected chi connectivity index (χ3v) is 5.97. The number of rotatable bonds is 7. The quantitative estimate of drug-likeness (QED) is 0.444. The highest BCUT2D eigenvalue weighted by atomic mass is 32.2. The second kappa shape index (κ2) is 7.75. The molecule has 0 saturated heterocycles. The molecule has 138 valence electrons. The average Bonchev–Trinajstić information content (AvgIpc) is 2.90. The van der Waals surface area contributed by atoms with Gasteiger partial charge >= 0.3 is 0 Å². The Bertz CT molecular complexity index is 742. The summed E-state index contributed by atoms with van der Waals surface area (Å²) in [5.41, 5.74) is 7.34. The van der Waals surface area contributed by atoms with Gasteiger partial charge in [0.1, 0.15) is 10.6 Å². The van der Waals surface area contributed by atoms with Crippen molar-refractivity contribution in [2.75, 3.05) is 24.7 Å². The highest BCUT2D eigenvalue weighted by molar-refractivity contribution is 7.99. The van der Waals surface area contributed by atoms with E-state index in [4.69, 9.17) is 24.9 Å². The van der Waals surface area contributed by atoms with Crippen LogP contribution in [0.5, 0.6) is 0 Å². The van der Waals surface area contributed by atoms with Crippen LogP contribution in [0, 0.1) is 0 Å². The van der Waals surface area contributed by atoms with Crippen LogP contribution in [0.1, 0.15) is 38.1 Å². The summed E-state index contributed by atoms with van der Waals surface area (Å²) >= 11 is 3.16. The molecule has 3 heterocycles. The molecule has 1 aliphatic rings. The number of hydrogen-bond acceptors (Lipinski definition) is 8. The number of nitrogen functional groups attached to an aromatic ring is 1. The maximum absolute atomic E-state index is 6.28. The van der Waals surface area contributed by atoms with E-state index in [2.05, 4.69) is 18.8 Å². The van der Waals surface area contributed by atoms with Crippen LogP contribution in [0.2, 0.25) is 0 Å². The zero-order valence-corrected chi connectivity index (χ0v) is 16.8. The van der Waals surface area contributed by atoms with Gasteiger partial charge in [0.2, 0.25) is 0 Å². The molecule has 25 heavy (non-hydrogen) atoms. The fourth-order valence-corrected chi connectivity index (χ4v) is 4.84. The average molecular weight is 384 g/mol. The van der Waals surface area contributed by atoms with Gasteiger partial charge in [-0.15, -0.1) is 11.3 Å². The van der Waals surface area contributed by atoms with Crippen LogP contribution >= 0.6 is 23.1 Å². The smallest absolute Gasteiger partial charge is 0.191 e. The van der Waals surface area contributed by atoms with Gasteiger partial charge in [0.25, 0.3) is 0 Å². The molecule has 0 aromatic carbocycles. The molecule has 0 fully saturated rings. The molecule has 2 aromatic heterocycles. The normalized spacial score (nSPS) is 16.5. The van der Waals surface area contributed by atoms with Crippen LogP contribution in [0.3, 0.4) is 0 Å². The van der Waals surface area contributed by atoms with Crippen molar-refractivity contribution in [3.8, 4) is 0 Å². The number of fused-ring (bicyclic) bond motifs is 3. The predicted molar refractivity (Wildman–Crippen MR) is 102 cm³/mol. The third kappa shape index (κ3) is 4.25. The van der Waals surface area contributed by atoms with Crippen LogP contribution in [-0.4, -0.2) is 40.8 Å². The van der Waals surface area contributed by atoms with Crippen LogP contribution < -0.4 is 5.73 Å². The zero-order chi connectivity index (χ0) is 18.0. The minimum atomic E-state index is -0.258. The number of nitrogens with zero attached hydrogens (tertiary/aromatic N) is 2. The number of ether oxygens (including phenoxy) is 3. The van der Waals surface area contributed by atoms with Crippen molar-refractivity contribution in [3.63, 3.8) is 0 Å². The minimum Gasteiger partial charge on any atom is -0.383 e. The molecule has 2 N–H and O–H groups in total. The molecule has 1 aliphatic heterocycles. The molecule has 0 aliphatic carbocycles. The molecular weight excluding hydrogens is 358 g/mol. The molecule has 0 spiro atoms. The summed E-state index contributed by atoms with van der Waals surface area (Å²) in [5, 5.41) is 1.65. The Balaban J connectivity index is 1.83. The molecule has 0 saturated carbocycles. The predicted octanol–water partition coefficient (Wildman–Crippen LogP) is 3.62. The van der Waals surface area contributed by atoms with Gasteiger partial charge < -0.3 is 19.9 Å². The second-order valence-electron chi connectivity index (χ2n) is 6.45. The molecular formula is C17H25N3O3S2. The first-order chi connectivity index (χ1) is 11.9. The topological polar surface area (TPSA) is 79.5 Å². The Labute approximate surface area is 156 Å². The van der Waals surface area contributed by atoms with Crippen molar-refractivity contribution in [2.45, 2.75) is 57.8 Å². The van der Waals surface area contributed by atoms with E-state index in [0.717, 1.165) is 16.6 Å². The number of thioether (sulfide) groups is 1. The van der Waals surface area contributed by atoms with Crippen LogP contribution in [0.25, 0.3) is 10.2 Å². The molecule has 0 radical (unpaired) electrons. The SMILES string of the molecule is CCOC(CSc1nc(N)c2c3c(sc2n1)COC(C)(C)C3)OCC. The van der Waals surface area contributed by atoms with Gasteiger partial charge in [-0.05, 0) is 33.3 Å². The van der Waals surface area contributed by atoms with Crippen LogP contribution in [0.4, 0.5) is 5.82 Å². The molecule has 3 rings (SSSR count). The monoisotopic (exact) mass is 383 g/mol. The van der Waals surface area contributed by atoms with Crippen molar-refractivity contribution < 1.29 is 14.2 Å². The van der Waals surface area contributed by atoms with Gasteiger partial charge in [0, 0.05) is 24.5 Å². The number of thiophene rings is 1. The fraction of sp³-hybridized carbons (Fsp3) is 0.647. The van der Waals surface area contributed by atoms with E-state index in [1.54, 1.807) is 11.3 Å². The Kier molecular flexibility index (Phi) is 5.85. The van der Waals surface area contributed by atoms with Gasteiger partial charge in [0.05, 0.1) is 23.3 Å². The second-order valence-corrected chi connectivity index (χ2v) is 8.52. The number of aromatic nitrogens is 2.